The normalized spacial score (nSPS) is 15.8. The highest BCUT2D eigenvalue weighted by Gasteiger charge is 2.29. The zero-order chi connectivity index (χ0) is 21.1. The van der Waals surface area contributed by atoms with E-state index in [-0.39, 0.29) is 11.9 Å². The van der Waals surface area contributed by atoms with Crippen LogP contribution in [0, 0.1) is 0 Å². The second kappa shape index (κ2) is 9.52. The van der Waals surface area contributed by atoms with Crippen LogP contribution in [0.2, 0.25) is 10.0 Å². The van der Waals surface area contributed by atoms with Crippen LogP contribution in [-0.2, 0) is 0 Å². The van der Waals surface area contributed by atoms with E-state index >= 15 is 0 Å². The van der Waals surface area contributed by atoms with Crippen LogP contribution in [0.5, 0.6) is 0 Å². The first kappa shape index (κ1) is 21.4. The Morgan fingerprint density at radius 2 is 1.33 bits per heavy atom. The third-order valence-corrected chi connectivity index (χ3v) is 6.60. The van der Waals surface area contributed by atoms with E-state index < -0.39 is 0 Å². The maximum absolute atomic E-state index is 13.0. The fourth-order valence-corrected chi connectivity index (χ4v) is 4.76. The number of rotatable bonds is 4. The predicted molar refractivity (Wildman–Crippen MR) is 126 cm³/mol. The largest absolute Gasteiger partial charge is 0.336 e. The van der Waals surface area contributed by atoms with Gasteiger partial charge in [0, 0.05) is 30.7 Å². The van der Waals surface area contributed by atoms with Gasteiger partial charge in [-0.3, -0.25) is 9.69 Å². The maximum atomic E-state index is 13.0. The molecule has 30 heavy (non-hydrogen) atoms. The molecule has 154 valence electrons. The maximum Gasteiger partial charge on any atom is 0.256 e. The zero-order valence-corrected chi connectivity index (χ0v) is 19.4. The third kappa shape index (κ3) is 4.57. The van der Waals surface area contributed by atoms with Crippen LogP contribution in [0.25, 0.3) is 0 Å². The Morgan fingerprint density at radius 1 is 0.767 bits per heavy atom. The van der Waals surface area contributed by atoms with E-state index in [0.29, 0.717) is 28.7 Å². The van der Waals surface area contributed by atoms with Crippen molar-refractivity contribution in [3.63, 3.8) is 0 Å². The van der Waals surface area contributed by atoms with Gasteiger partial charge in [0.25, 0.3) is 5.91 Å². The Hall–Kier alpha value is -1.85. The van der Waals surface area contributed by atoms with Gasteiger partial charge in [-0.05, 0) is 35.4 Å². The van der Waals surface area contributed by atoms with Gasteiger partial charge in [0.05, 0.1) is 21.7 Å². The average Bonchev–Trinajstić information content (AvgIpc) is 2.76. The van der Waals surface area contributed by atoms with Crippen LogP contribution in [0.1, 0.15) is 27.5 Å². The molecule has 1 aliphatic rings. The standard InChI is InChI=1S/C24H21BrCl2N2O/c25-19-11-9-18(10-12-19)23(17-5-2-1-3-6-17)28-13-15-29(16-14-28)24(30)22-20(26)7-4-8-21(22)27/h1-12,23H,13-16H2/t23-/m0/s1. The molecule has 1 fully saturated rings. The molecule has 0 saturated carbocycles. The molecular weight excluding hydrogens is 483 g/mol. The minimum Gasteiger partial charge on any atom is -0.336 e. The molecule has 6 heteroatoms. The molecule has 1 saturated heterocycles. The van der Waals surface area contributed by atoms with E-state index in [1.165, 1.54) is 11.1 Å². The summed E-state index contributed by atoms with van der Waals surface area (Å²) in [5, 5.41) is 0.791. The van der Waals surface area contributed by atoms with Crippen molar-refractivity contribution >= 4 is 45.0 Å². The van der Waals surface area contributed by atoms with Gasteiger partial charge < -0.3 is 4.90 Å². The number of carbonyl (C=O) groups excluding carboxylic acids is 1. The molecule has 0 radical (unpaired) electrons. The summed E-state index contributed by atoms with van der Waals surface area (Å²) in [5.41, 5.74) is 2.87. The van der Waals surface area contributed by atoms with Gasteiger partial charge >= 0.3 is 0 Å². The second-order valence-electron chi connectivity index (χ2n) is 7.29. The smallest absolute Gasteiger partial charge is 0.256 e. The Kier molecular flexibility index (Phi) is 6.79. The number of carbonyl (C=O) groups is 1. The summed E-state index contributed by atoms with van der Waals surface area (Å²) < 4.78 is 1.06. The molecular formula is C24H21BrCl2N2O. The van der Waals surface area contributed by atoms with Crippen molar-refractivity contribution in [2.75, 3.05) is 26.2 Å². The molecule has 0 bridgehead atoms. The molecule has 3 aromatic rings. The molecule has 1 heterocycles. The summed E-state index contributed by atoms with van der Waals surface area (Å²) in [6.45, 7) is 2.79. The number of amides is 1. The summed E-state index contributed by atoms with van der Waals surface area (Å²) in [6, 6.07) is 24.3. The highest BCUT2D eigenvalue weighted by atomic mass is 79.9. The number of nitrogens with zero attached hydrogens (tertiary/aromatic N) is 2. The van der Waals surface area contributed by atoms with Crippen molar-refractivity contribution in [1.29, 1.82) is 0 Å². The number of benzene rings is 3. The Bertz CT molecular complexity index is 999. The molecule has 0 aliphatic carbocycles. The molecule has 1 aliphatic heterocycles. The number of piperazine rings is 1. The minimum absolute atomic E-state index is 0.106. The second-order valence-corrected chi connectivity index (χ2v) is 9.02. The summed E-state index contributed by atoms with van der Waals surface area (Å²) in [4.78, 5) is 17.3. The van der Waals surface area contributed by atoms with Crippen LogP contribution in [0.15, 0.2) is 77.3 Å². The molecule has 1 atom stereocenters. The molecule has 3 nitrogen and oxygen atoms in total. The van der Waals surface area contributed by atoms with E-state index in [1.54, 1.807) is 18.2 Å². The molecule has 0 N–H and O–H groups in total. The fraction of sp³-hybridized carbons (Fsp3) is 0.208. The van der Waals surface area contributed by atoms with E-state index in [0.717, 1.165) is 17.6 Å². The van der Waals surface area contributed by atoms with Crippen LogP contribution in [-0.4, -0.2) is 41.9 Å². The highest BCUT2D eigenvalue weighted by Crippen LogP contribution is 2.31. The van der Waals surface area contributed by atoms with Gasteiger partial charge in [0.2, 0.25) is 0 Å². The van der Waals surface area contributed by atoms with Gasteiger partial charge in [0.1, 0.15) is 0 Å². The zero-order valence-electron chi connectivity index (χ0n) is 16.3. The van der Waals surface area contributed by atoms with E-state index in [9.17, 15) is 4.79 Å². The predicted octanol–water partition coefficient (Wildman–Crippen LogP) is 6.30. The van der Waals surface area contributed by atoms with Crippen molar-refractivity contribution in [3.8, 4) is 0 Å². The van der Waals surface area contributed by atoms with Gasteiger partial charge in [-0.2, -0.15) is 0 Å². The van der Waals surface area contributed by atoms with Crippen molar-refractivity contribution < 1.29 is 4.79 Å². The first-order valence-electron chi connectivity index (χ1n) is 9.82. The van der Waals surface area contributed by atoms with Crippen LogP contribution in [0.3, 0.4) is 0 Å². The number of hydrogen-bond donors (Lipinski definition) is 0. The van der Waals surface area contributed by atoms with Gasteiger partial charge in [-0.25, -0.2) is 0 Å². The topological polar surface area (TPSA) is 23.6 Å². The lowest BCUT2D eigenvalue weighted by atomic mass is 9.96. The van der Waals surface area contributed by atoms with Crippen molar-refractivity contribution in [1.82, 2.24) is 9.80 Å². The van der Waals surface area contributed by atoms with Crippen LogP contribution < -0.4 is 0 Å². The molecule has 3 aromatic carbocycles. The SMILES string of the molecule is O=C(c1c(Cl)cccc1Cl)N1CCN([C@@H](c2ccccc2)c2ccc(Br)cc2)CC1. The summed E-state index contributed by atoms with van der Waals surface area (Å²) in [6.07, 6.45) is 0. The lowest BCUT2D eigenvalue weighted by Gasteiger charge is -2.40. The quantitative estimate of drug-likeness (QED) is 0.416. The first-order chi connectivity index (χ1) is 14.5. The molecule has 0 unspecified atom stereocenters. The molecule has 0 spiro atoms. The monoisotopic (exact) mass is 502 g/mol. The minimum atomic E-state index is -0.106. The lowest BCUT2D eigenvalue weighted by Crippen LogP contribution is -2.50. The van der Waals surface area contributed by atoms with Crippen LogP contribution >= 0.6 is 39.1 Å². The average molecular weight is 504 g/mol. The molecule has 1 amide bonds. The van der Waals surface area contributed by atoms with E-state index in [2.05, 4.69) is 69.4 Å². The van der Waals surface area contributed by atoms with E-state index in [4.69, 9.17) is 23.2 Å². The van der Waals surface area contributed by atoms with Gasteiger partial charge in [0.15, 0.2) is 0 Å². The first-order valence-corrected chi connectivity index (χ1v) is 11.4. The number of hydrogen-bond acceptors (Lipinski definition) is 2. The summed E-state index contributed by atoms with van der Waals surface area (Å²) in [7, 11) is 0. The van der Waals surface area contributed by atoms with Gasteiger partial charge in [-0.1, -0.05) is 87.7 Å². The lowest BCUT2D eigenvalue weighted by molar-refractivity contribution is 0.0597. The van der Waals surface area contributed by atoms with Crippen molar-refractivity contribution in [2.24, 2.45) is 0 Å². The number of halogens is 3. The van der Waals surface area contributed by atoms with Crippen molar-refractivity contribution in [2.45, 2.75) is 6.04 Å². The summed E-state index contributed by atoms with van der Waals surface area (Å²) in [5.74, 6) is -0.106. The van der Waals surface area contributed by atoms with E-state index in [1.807, 2.05) is 11.0 Å². The van der Waals surface area contributed by atoms with Gasteiger partial charge in [-0.15, -0.1) is 0 Å². The third-order valence-electron chi connectivity index (χ3n) is 5.44. The Morgan fingerprint density at radius 3 is 1.93 bits per heavy atom. The highest BCUT2D eigenvalue weighted by molar-refractivity contribution is 9.10. The summed E-state index contributed by atoms with van der Waals surface area (Å²) >= 11 is 16.0. The molecule has 0 aromatic heterocycles. The Balaban J connectivity index is 1.54. The molecule has 4 rings (SSSR count). The van der Waals surface area contributed by atoms with Crippen LogP contribution in [0.4, 0.5) is 0 Å². The van der Waals surface area contributed by atoms with Crippen molar-refractivity contribution in [3.05, 3.63) is 104 Å². The Labute approximate surface area is 195 Å². The fourth-order valence-electron chi connectivity index (χ4n) is 3.94.